The highest BCUT2D eigenvalue weighted by molar-refractivity contribution is 6.45. The predicted octanol–water partition coefficient (Wildman–Crippen LogP) is 0.577. The fourth-order valence-corrected chi connectivity index (χ4v) is 2.74. The summed E-state index contributed by atoms with van der Waals surface area (Å²) in [6.07, 6.45) is 4.32. The Bertz CT molecular complexity index is 784. The van der Waals surface area contributed by atoms with Gasteiger partial charge in [-0.2, -0.15) is 0 Å². The minimum Gasteiger partial charge on any atom is -0.345 e. The summed E-state index contributed by atoms with van der Waals surface area (Å²) < 4.78 is 0. The molecule has 2 aliphatic rings. The summed E-state index contributed by atoms with van der Waals surface area (Å²) in [5, 5.41) is 3.10. The van der Waals surface area contributed by atoms with Crippen LogP contribution in [-0.4, -0.2) is 53.7 Å². The van der Waals surface area contributed by atoms with Crippen LogP contribution in [-0.2, 0) is 14.4 Å². The molecule has 9 heteroatoms. The fourth-order valence-electron chi connectivity index (χ4n) is 2.74. The van der Waals surface area contributed by atoms with Crippen LogP contribution in [0.15, 0.2) is 47.1 Å². The van der Waals surface area contributed by atoms with Crippen LogP contribution in [0.3, 0.4) is 0 Å². The van der Waals surface area contributed by atoms with Crippen molar-refractivity contribution in [3.05, 3.63) is 47.7 Å². The lowest BCUT2D eigenvalue weighted by molar-refractivity contribution is -0.142. The van der Waals surface area contributed by atoms with Gasteiger partial charge in [0.15, 0.2) is 0 Å². The summed E-state index contributed by atoms with van der Waals surface area (Å²) in [5.74, 6) is -1.79. The number of amides is 2. The normalized spacial score (nSPS) is 19.9. The fraction of sp³-hybridized carbons (Fsp3) is 0.333. The predicted molar refractivity (Wildman–Crippen MR) is 96.8 cm³/mol. The zero-order valence-electron chi connectivity index (χ0n) is 15.0. The van der Waals surface area contributed by atoms with E-state index in [1.54, 1.807) is 42.4 Å². The van der Waals surface area contributed by atoms with Crippen LogP contribution in [0.4, 0.5) is 0 Å². The maximum absolute atomic E-state index is 12.7. The Kier molecular flexibility index (Phi) is 5.94. The summed E-state index contributed by atoms with van der Waals surface area (Å²) in [7, 11) is 1.55. The van der Waals surface area contributed by atoms with E-state index in [9.17, 15) is 14.4 Å². The van der Waals surface area contributed by atoms with Crippen molar-refractivity contribution in [3.8, 4) is 0 Å². The van der Waals surface area contributed by atoms with Crippen LogP contribution in [0.5, 0.6) is 0 Å². The average molecular weight is 371 g/mol. The average Bonchev–Trinajstić information content (AvgIpc) is 3.00. The number of hydrogen-bond donors (Lipinski definition) is 2. The van der Waals surface area contributed by atoms with Gasteiger partial charge in [-0.3, -0.25) is 20.0 Å². The molecule has 1 aromatic rings. The van der Waals surface area contributed by atoms with Crippen molar-refractivity contribution in [3.63, 3.8) is 0 Å². The summed E-state index contributed by atoms with van der Waals surface area (Å²) in [6.45, 7) is 1.46. The molecule has 0 saturated carbocycles. The molecule has 1 aromatic carbocycles. The van der Waals surface area contributed by atoms with E-state index < -0.39 is 17.8 Å². The first-order chi connectivity index (χ1) is 13.0. The molecule has 2 amide bonds. The Morgan fingerprint density at radius 2 is 1.89 bits per heavy atom. The minimum atomic E-state index is -0.664. The van der Waals surface area contributed by atoms with Crippen molar-refractivity contribution in [2.24, 2.45) is 4.99 Å². The molecule has 2 aliphatic heterocycles. The highest BCUT2D eigenvalue weighted by atomic mass is 16.7. The van der Waals surface area contributed by atoms with E-state index in [1.807, 2.05) is 0 Å². The van der Waals surface area contributed by atoms with Gasteiger partial charge < -0.3 is 4.84 Å². The number of hydrazine groups is 2. The van der Waals surface area contributed by atoms with Gasteiger partial charge in [-0.25, -0.2) is 14.8 Å². The Morgan fingerprint density at radius 3 is 2.52 bits per heavy atom. The van der Waals surface area contributed by atoms with E-state index in [2.05, 4.69) is 20.8 Å². The van der Waals surface area contributed by atoms with Crippen molar-refractivity contribution in [1.82, 2.24) is 21.0 Å². The number of nitrogens with zero attached hydrogens (tertiary/aromatic N) is 3. The number of hydrogen-bond acceptors (Lipinski definition) is 7. The van der Waals surface area contributed by atoms with E-state index in [0.29, 0.717) is 5.56 Å². The van der Waals surface area contributed by atoms with Gasteiger partial charge in [0.2, 0.25) is 0 Å². The van der Waals surface area contributed by atoms with Crippen LogP contribution >= 0.6 is 0 Å². The molecule has 2 saturated heterocycles. The van der Waals surface area contributed by atoms with Gasteiger partial charge in [0.05, 0.1) is 0 Å². The molecule has 0 radical (unpaired) electrons. The van der Waals surface area contributed by atoms with Crippen molar-refractivity contribution in [1.29, 1.82) is 0 Å². The summed E-state index contributed by atoms with van der Waals surface area (Å²) >= 11 is 0. The van der Waals surface area contributed by atoms with Crippen LogP contribution in [0, 0.1) is 0 Å². The molecule has 0 aromatic heterocycles. The van der Waals surface area contributed by atoms with Gasteiger partial charge >= 0.3 is 5.97 Å². The molecule has 142 valence electrons. The summed E-state index contributed by atoms with van der Waals surface area (Å²) in [4.78, 5) is 45.6. The van der Waals surface area contributed by atoms with E-state index in [0.717, 1.165) is 32.4 Å². The molecule has 3 rings (SSSR count). The molecule has 27 heavy (non-hydrogen) atoms. The maximum Gasteiger partial charge on any atom is 0.376 e. The van der Waals surface area contributed by atoms with Crippen molar-refractivity contribution >= 4 is 23.5 Å². The zero-order valence-corrected chi connectivity index (χ0v) is 15.0. The first-order valence-corrected chi connectivity index (χ1v) is 8.71. The number of benzene rings is 1. The van der Waals surface area contributed by atoms with Crippen molar-refractivity contribution in [2.75, 3.05) is 20.1 Å². The lowest BCUT2D eigenvalue weighted by Crippen LogP contribution is -2.47. The lowest BCUT2D eigenvalue weighted by Gasteiger charge is -2.26. The molecule has 2 fully saturated rings. The molecule has 2 heterocycles. The van der Waals surface area contributed by atoms with Gasteiger partial charge in [-0.05, 0) is 25.0 Å². The smallest absolute Gasteiger partial charge is 0.345 e. The van der Waals surface area contributed by atoms with Crippen LogP contribution in [0.1, 0.15) is 29.6 Å². The van der Waals surface area contributed by atoms with Gasteiger partial charge in [0.25, 0.3) is 11.8 Å². The Hall–Kier alpha value is -3.04. The first kappa shape index (κ1) is 18.7. The number of rotatable bonds is 4. The molecule has 0 atom stereocenters. The summed E-state index contributed by atoms with van der Waals surface area (Å²) in [5.41, 5.74) is 5.37. The third kappa shape index (κ3) is 4.78. The van der Waals surface area contributed by atoms with Crippen LogP contribution < -0.4 is 11.0 Å². The first-order valence-electron chi connectivity index (χ1n) is 8.71. The third-order valence-corrected chi connectivity index (χ3v) is 4.21. The molecule has 9 nitrogen and oxygen atoms in total. The zero-order chi connectivity index (χ0) is 19.2. The quantitative estimate of drug-likeness (QED) is 0.589. The van der Waals surface area contributed by atoms with Gasteiger partial charge in [0, 0.05) is 31.8 Å². The second kappa shape index (κ2) is 8.56. The minimum absolute atomic E-state index is 0.0726. The largest absolute Gasteiger partial charge is 0.376 e. The van der Waals surface area contributed by atoms with E-state index in [1.165, 1.54) is 11.1 Å². The van der Waals surface area contributed by atoms with E-state index in [-0.39, 0.29) is 11.4 Å². The molecule has 2 N–H and O–H groups in total. The second-order valence-electron chi connectivity index (χ2n) is 6.23. The lowest BCUT2D eigenvalue weighted by atomic mass is 10.2. The molecule has 0 unspecified atom stereocenters. The molecule has 0 spiro atoms. The van der Waals surface area contributed by atoms with Crippen molar-refractivity contribution < 1.29 is 19.2 Å². The molecule has 0 bridgehead atoms. The van der Waals surface area contributed by atoms with Gasteiger partial charge in [-0.1, -0.05) is 30.2 Å². The molecule has 0 aliphatic carbocycles. The highest BCUT2D eigenvalue weighted by Gasteiger charge is 2.27. The number of aliphatic imine (C=N–C) groups is 1. The topological polar surface area (TPSA) is 103 Å². The second-order valence-corrected chi connectivity index (χ2v) is 6.23. The van der Waals surface area contributed by atoms with Gasteiger partial charge in [0.1, 0.15) is 11.4 Å². The Balaban J connectivity index is 1.87. The van der Waals surface area contributed by atoms with Gasteiger partial charge in [-0.15, -0.1) is 0 Å². The number of likely N-dealkylation sites (N-methyl/N-ethyl adjacent to an activating group) is 1. The van der Waals surface area contributed by atoms with E-state index >= 15 is 0 Å². The summed E-state index contributed by atoms with van der Waals surface area (Å²) in [6, 6.07) is 8.41. The number of carbonyl (C=O) groups is 3. The third-order valence-electron chi connectivity index (χ3n) is 4.21. The van der Waals surface area contributed by atoms with Crippen LogP contribution in [0.25, 0.3) is 0 Å². The Labute approximate surface area is 156 Å². The number of nitrogens with one attached hydrogen (secondary N) is 2. The number of piperidine rings is 1. The molecular formula is C18H21N5O4. The molecular weight excluding hydrogens is 350 g/mol. The maximum atomic E-state index is 12.7. The SMILES string of the molecule is CN1NOC(=O)/C1=C\C(=NC(=O)c1ccccc1)C(=O)NN1CCCCC1. The Morgan fingerprint density at radius 1 is 1.19 bits per heavy atom. The van der Waals surface area contributed by atoms with E-state index in [4.69, 9.17) is 0 Å². The van der Waals surface area contributed by atoms with Crippen molar-refractivity contribution in [2.45, 2.75) is 19.3 Å². The monoisotopic (exact) mass is 371 g/mol. The highest BCUT2D eigenvalue weighted by Crippen LogP contribution is 2.10. The van der Waals surface area contributed by atoms with Crippen LogP contribution in [0.2, 0.25) is 0 Å². The standard InChI is InChI=1S/C18H21N5O4/c1-22-15(18(26)27-21-22)12-14(17(25)20-23-10-6-3-7-11-23)19-16(24)13-8-4-2-5-9-13/h2,4-5,8-9,12,21H,3,6-7,10-11H2,1H3,(H,20,25)/b15-12+,19-14?. The number of carbonyl (C=O) groups excluding carboxylic acids is 3.